The summed E-state index contributed by atoms with van der Waals surface area (Å²) in [5, 5.41) is 103. The molecular weight excluding hydrogens is 1740 g/mol. The Morgan fingerprint density at radius 2 is 0.681 bits per heavy atom. The maximum atomic E-state index is 13.5. The van der Waals surface area contributed by atoms with Crippen molar-refractivity contribution in [1.29, 1.82) is 63.1 Å². The van der Waals surface area contributed by atoms with E-state index in [4.69, 9.17) is 119 Å². The van der Waals surface area contributed by atoms with Crippen LogP contribution in [0.5, 0.6) is 0 Å². The highest BCUT2D eigenvalue weighted by molar-refractivity contribution is 5.21. The minimum atomic E-state index is -4.48. The number of rotatable bonds is 23. The first-order valence-corrected chi connectivity index (χ1v) is 44.3. The van der Waals surface area contributed by atoms with Crippen molar-refractivity contribution in [2.45, 2.75) is 107 Å². The highest BCUT2D eigenvalue weighted by Gasteiger charge is 2.49. The SMILES string of the molecule is C#CC(C#N)N1CCN(C(C#N)C#N)CC1.C#CCN1CC(F)N(CC#N)CC1C(F)(F)F.C#CCN1CCN(CC#N)C(C)C1.C#CCN1CCN(CC#N)C(C)C1C.C#CCN1CCN(CC#N)C(F)C1.C#CCN1CCN(CC#N)C(OCC(F)(F)F)C1.C#CCN1CCN(CC#N)CC1.C#CCN1CCN(CC#N)CC1c1ccccc1.N#CCCN1CCN(CCC#N)CC1. The molecule has 9 heterocycles. The second-order valence-electron chi connectivity index (χ2n) is 32.2. The number of halogens is 8. The van der Waals surface area contributed by atoms with Crippen molar-refractivity contribution in [3.8, 4) is 172 Å². The molecule has 1 aromatic carbocycles. The molecule has 0 spiro atoms. The highest BCUT2D eigenvalue weighted by atomic mass is 19.4. The van der Waals surface area contributed by atoms with Gasteiger partial charge in [0.05, 0.1) is 164 Å². The standard InChI is InChI=1S/C15H17N3.C11H14F3N3O.C11H11N5.C11H17N3.C10H11F4N3.C10H16N4.C10H15N3.C9H12FN3.C9H13N3/c1-2-9-18-12-11-17(10-8-16)13-15(18)14-6-4-3-5-7-14;1-2-4-16-6-7-17(5-3-15)10(8-16)18-9-11(12,13)14;1-2-10(7-12)15-3-5-16(6-4-15)11(8-13)9-14;1-4-6-13-8-9-14(7-5-12)11(3)10(13)2;1-2-4-16-7-9(11)17(5-3-15)6-8(16)10(12,13)14;11-3-1-5-13-7-9-14(10-8-13)6-2-4-12;1-3-5-12-7-8-13(6-4-11)10(2)9-12;1-2-4-12-6-7-13(5-3-11)9(10)8-12;1-2-4-11-6-8-12(5-3-10)9-7-11/h1,3-7,15H,9-13H2;1,10H,4-9H2;1,10-11H,3-6H2;1,10-11H,6-9H2,2-3H3;1,8-9H,4-7H2;1-2,5-10H2;1,10H,5-9H2,2H3;1,9H,4-8H2;1H,4-9H2. The van der Waals surface area contributed by atoms with Crippen LogP contribution in [-0.4, -0.2) is 450 Å². The van der Waals surface area contributed by atoms with Gasteiger partial charge in [-0.05, 0) is 26.3 Å². The Labute approximate surface area is 796 Å². The van der Waals surface area contributed by atoms with E-state index in [1.54, 1.807) is 15.9 Å². The van der Waals surface area contributed by atoms with Crippen LogP contribution >= 0.6 is 0 Å². The normalized spacial score (nSPS) is 23.1. The molecule has 9 saturated heterocycles. The zero-order valence-corrected chi connectivity index (χ0v) is 77.9. The molecule has 9 aliphatic rings. The number of hydrogen-bond acceptors (Lipinski definition) is 31. The average molecular weight is 1870 g/mol. The third-order valence-electron chi connectivity index (χ3n) is 23.3. The summed E-state index contributed by atoms with van der Waals surface area (Å²) in [6.45, 7) is 32.3. The minimum Gasteiger partial charge on any atom is -0.352 e. The fourth-order valence-electron chi connectivity index (χ4n) is 15.5. The van der Waals surface area contributed by atoms with Gasteiger partial charge in [-0.1, -0.05) is 77.7 Å². The van der Waals surface area contributed by atoms with Gasteiger partial charge in [-0.2, -0.15) is 89.5 Å². The van der Waals surface area contributed by atoms with Gasteiger partial charge in [0.15, 0.2) is 24.7 Å². The average Bonchev–Trinajstić information content (AvgIpc) is 0.803. The van der Waals surface area contributed by atoms with Crippen LogP contribution in [0.1, 0.15) is 45.2 Å². The molecule has 135 heavy (non-hydrogen) atoms. The Hall–Kier alpha value is -11.7. The Balaban J connectivity index is 0.000000515. The maximum Gasteiger partial charge on any atom is 0.411 e. The number of terminal acetylenes is 8. The molecule has 9 unspecified atom stereocenters. The van der Waals surface area contributed by atoms with Crippen LogP contribution in [0.15, 0.2) is 30.3 Å². The molecule has 9 aliphatic heterocycles. The highest BCUT2D eigenvalue weighted by Crippen LogP contribution is 2.31. The molecule has 0 aromatic heterocycles. The molecule has 0 saturated carbocycles. The van der Waals surface area contributed by atoms with Crippen molar-refractivity contribution in [1.82, 2.24) is 88.2 Å². The summed E-state index contributed by atoms with van der Waals surface area (Å²) in [5.41, 5.74) is 1.27. The summed E-state index contributed by atoms with van der Waals surface area (Å²) in [7, 11) is 0. The van der Waals surface area contributed by atoms with E-state index in [-0.39, 0.29) is 32.7 Å². The van der Waals surface area contributed by atoms with E-state index in [1.165, 1.54) is 10.5 Å². The van der Waals surface area contributed by atoms with Gasteiger partial charge in [-0.15, -0.1) is 51.4 Å². The Kier molecular flexibility index (Phi) is 61.9. The first-order valence-electron chi connectivity index (χ1n) is 44.3. The molecule has 1 aromatic rings. The molecule has 39 heteroatoms. The Morgan fingerprint density at radius 3 is 1.12 bits per heavy atom. The zero-order chi connectivity index (χ0) is 100. The molecule has 0 N–H and O–H groups in total. The minimum absolute atomic E-state index is 0.0480. The lowest BCUT2D eigenvalue weighted by Gasteiger charge is -2.43. The van der Waals surface area contributed by atoms with E-state index >= 15 is 0 Å². The topological polar surface area (TPSA) is 353 Å². The molecule has 0 radical (unpaired) electrons. The monoisotopic (exact) mass is 1870 g/mol. The van der Waals surface area contributed by atoms with Crippen LogP contribution < -0.4 is 0 Å². The molecule has 31 nitrogen and oxygen atoms in total. The van der Waals surface area contributed by atoms with Gasteiger partial charge in [0.1, 0.15) is 18.9 Å². The fraction of sp³-hybridized carbons (Fsp3) is 0.646. The lowest BCUT2D eigenvalue weighted by molar-refractivity contribution is -0.209. The number of nitrogens with zero attached hydrogens (tertiary/aromatic N) is 30. The number of nitriles is 12. The number of benzene rings is 1. The van der Waals surface area contributed by atoms with Crippen LogP contribution in [0.3, 0.4) is 0 Å². The van der Waals surface area contributed by atoms with Gasteiger partial charge in [0.2, 0.25) is 0 Å². The molecule has 0 aliphatic carbocycles. The first kappa shape index (κ1) is 119. The van der Waals surface area contributed by atoms with Gasteiger partial charge in [-0.3, -0.25) is 88.2 Å². The maximum absolute atomic E-state index is 13.5. The van der Waals surface area contributed by atoms with Gasteiger partial charge in [0.25, 0.3) is 0 Å². The summed E-state index contributed by atoms with van der Waals surface area (Å²) in [6, 6.07) is 33.4. The van der Waals surface area contributed by atoms with E-state index in [0.29, 0.717) is 142 Å². The Morgan fingerprint density at radius 1 is 0.333 bits per heavy atom. The summed E-state index contributed by atoms with van der Waals surface area (Å²) in [4.78, 5) is 34.6. The number of piperazine rings is 9. The Bertz CT molecular complexity index is 4300. The van der Waals surface area contributed by atoms with E-state index in [9.17, 15) is 35.1 Å². The zero-order valence-electron chi connectivity index (χ0n) is 77.9. The van der Waals surface area contributed by atoms with Gasteiger partial charge in [0, 0.05) is 233 Å². The predicted molar refractivity (Wildman–Crippen MR) is 495 cm³/mol. The van der Waals surface area contributed by atoms with E-state index in [0.717, 1.165) is 147 Å². The van der Waals surface area contributed by atoms with Crippen molar-refractivity contribution < 1.29 is 39.9 Å². The van der Waals surface area contributed by atoms with Crippen molar-refractivity contribution >= 4 is 0 Å². The second kappa shape index (κ2) is 70.0. The number of alkyl halides is 8. The summed E-state index contributed by atoms with van der Waals surface area (Å²) < 4.78 is 106. The third kappa shape index (κ3) is 47.3. The van der Waals surface area contributed by atoms with Gasteiger partial charge < -0.3 is 4.74 Å². The molecule has 9 fully saturated rings. The van der Waals surface area contributed by atoms with Crippen LogP contribution in [-0.2, 0) is 4.74 Å². The van der Waals surface area contributed by atoms with Crippen LogP contribution in [0.2, 0.25) is 0 Å². The van der Waals surface area contributed by atoms with E-state index in [2.05, 4.69) is 166 Å². The quantitative estimate of drug-likeness (QED) is 0.0653. The second-order valence-corrected chi connectivity index (χ2v) is 32.2. The lowest BCUT2D eigenvalue weighted by atomic mass is 10.0. The third-order valence-corrected chi connectivity index (χ3v) is 23.3. The molecular formula is C96H126F8N30O. The molecule has 10 rings (SSSR count). The largest absolute Gasteiger partial charge is 0.411 e. The predicted octanol–water partition coefficient (Wildman–Crippen LogP) is 3.64. The number of hydrogen-bond donors (Lipinski definition) is 0. The molecule has 0 amide bonds. The summed E-state index contributed by atoms with van der Waals surface area (Å²) in [6.07, 6.45) is 30.6. The lowest BCUT2D eigenvalue weighted by Crippen LogP contribution is -2.61. The first-order chi connectivity index (χ1) is 64.9. The molecule has 9 atom stereocenters. The number of ether oxygens (including phenoxy) is 1. The molecule has 722 valence electrons. The van der Waals surface area contributed by atoms with Crippen LogP contribution in [0.4, 0.5) is 35.1 Å². The van der Waals surface area contributed by atoms with Gasteiger partial charge >= 0.3 is 12.4 Å². The van der Waals surface area contributed by atoms with E-state index in [1.807, 2.05) is 63.2 Å². The van der Waals surface area contributed by atoms with Crippen molar-refractivity contribution in [3.05, 3.63) is 35.9 Å². The van der Waals surface area contributed by atoms with Crippen molar-refractivity contribution in [2.24, 2.45) is 0 Å². The van der Waals surface area contributed by atoms with E-state index < -0.39 is 69.0 Å². The van der Waals surface area contributed by atoms with Crippen molar-refractivity contribution in [3.63, 3.8) is 0 Å². The summed E-state index contributed by atoms with van der Waals surface area (Å²) in [5.74, 6) is 20.1. The van der Waals surface area contributed by atoms with Crippen LogP contribution in [0.25, 0.3) is 0 Å². The fourth-order valence-corrected chi connectivity index (χ4v) is 15.5. The van der Waals surface area contributed by atoms with Crippen LogP contribution in [0, 0.1) is 235 Å². The van der Waals surface area contributed by atoms with Crippen molar-refractivity contribution in [2.75, 3.05) is 295 Å². The molecule has 0 bridgehead atoms. The summed E-state index contributed by atoms with van der Waals surface area (Å²) >= 11 is 0. The smallest absolute Gasteiger partial charge is 0.352 e. The van der Waals surface area contributed by atoms with Gasteiger partial charge in [-0.25, -0.2) is 8.78 Å².